The topological polar surface area (TPSA) is 72.6 Å². The molecule has 2 aromatic rings. The number of phenols is 1. The molecule has 2 aromatic carbocycles. The number of halogens is 1. The van der Waals surface area contributed by atoms with Crippen LogP contribution in [0.4, 0.5) is 0 Å². The van der Waals surface area contributed by atoms with Gasteiger partial charge in [-0.05, 0) is 31.2 Å². The number of carbonyl (C=O) groups excluding carboxylic acids is 1. The minimum Gasteiger partial charge on any atom is -0.508 e. The van der Waals surface area contributed by atoms with Crippen LogP contribution in [0.2, 0.25) is 5.02 Å². The summed E-state index contributed by atoms with van der Waals surface area (Å²) in [6, 6.07) is 9.87. The molecule has 0 fully saturated rings. The van der Waals surface area contributed by atoms with Crippen LogP contribution in [-0.2, 0) is 6.61 Å². The number of benzene rings is 2. The molecule has 3 N–H and O–H groups in total. The molecule has 0 aliphatic carbocycles. The van der Waals surface area contributed by atoms with Crippen molar-refractivity contribution in [3.05, 3.63) is 58.1 Å². The smallest absolute Gasteiger partial charge is 0.248 e. The Morgan fingerprint density at radius 3 is 2.75 bits per heavy atom. The highest BCUT2D eigenvalue weighted by atomic mass is 35.5. The minimum absolute atomic E-state index is 0.178. The van der Waals surface area contributed by atoms with E-state index in [1.165, 1.54) is 6.07 Å². The Morgan fingerprint density at radius 1 is 1.35 bits per heavy atom. The first-order valence-electron chi connectivity index (χ1n) is 5.98. The van der Waals surface area contributed by atoms with Gasteiger partial charge in [-0.3, -0.25) is 4.79 Å². The third-order valence-electron chi connectivity index (χ3n) is 2.98. The molecule has 0 saturated carbocycles. The third-order valence-corrected chi connectivity index (χ3v) is 3.33. The van der Waals surface area contributed by atoms with Gasteiger partial charge in [0, 0.05) is 21.7 Å². The Kier molecular flexibility index (Phi) is 4.15. The van der Waals surface area contributed by atoms with Crippen molar-refractivity contribution < 1.29 is 14.6 Å². The van der Waals surface area contributed by atoms with Crippen LogP contribution in [0.25, 0.3) is 0 Å². The number of rotatable bonds is 4. The summed E-state index contributed by atoms with van der Waals surface area (Å²) in [5, 5.41) is 10.0. The predicted molar refractivity (Wildman–Crippen MR) is 77.1 cm³/mol. The van der Waals surface area contributed by atoms with Crippen molar-refractivity contribution in [2.75, 3.05) is 0 Å². The van der Waals surface area contributed by atoms with Gasteiger partial charge in [-0.15, -0.1) is 0 Å². The van der Waals surface area contributed by atoms with E-state index in [-0.39, 0.29) is 12.4 Å². The zero-order valence-electron chi connectivity index (χ0n) is 10.9. The fourth-order valence-electron chi connectivity index (χ4n) is 1.73. The molecule has 0 radical (unpaired) electrons. The van der Waals surface area contributed by atoms with Gasteiger partial charge in [0.1, 0.15) is 18.1 Å². The molecule has 104 valence electrons. The van der Waals surface area contributed by atoms with E-state index in [2.05, 4.69) is 0 Å². The van der Waals surface area contributed by atoms with Gasteiger partial charge >= 0.3 is 0 Å². The second kappa shape index (κ2) is 5.84. The van der Waals surface area contributed by atoms with Gasteiger partial charge in [0.15, 0.2) is 0 Å². The predicted octanol–water partition coefficient (Wildman–Crippen LogP) is 3.03. The van der Waals surface area contributed by atoms with Gasteiger partial charge in [0.2, 0.25) is 5.91 Å². The highest BCUT2D eigenvalue weighted by molar-refractivity contribution is 6.31. The number of amides is 1. The van der Waals surface area contributed by atoms with Crippen molar-refractivity contribution in [3.8, 4) is 11.5 Å². The average molecular weight is 292 g/mol. The maximum atomic E-state index is 11.0. The number of nitrogens with two attached hydrogens (primary N) is 1. The van der Waals surface area contributed by atoms with E-state index in [1.54, 1.807) is 37.3 Å². The Hall–Kier alpha value is -2.20. The Morgan fingerprint density at radius 2 is 2.10 bits per heavy atom. The first-order chi connectivity index (χ1) is 9.49. The second-order valence-electron chi connectivity index (χ2n) is 4.36. The number of phenolic OH excluding ortho intramolecular Hbond substituents is 1. The summed E-state index contributed by atoms with van der Waals surface area (Å²) in [5.74, 6) is 0.237. The van der Waals surface area contributed by atoms with E-state index in [9.17, 15) is 9.90 Å². The monoisotopic (exact) mass is 291 g/mol. The molecular weight excluding hydrogens is 278 g/mol. The molecule has 1 amide bonds. The SMILES string of the molecule is Cc1c(O)cccc1OCc1ccc(C(N)=O)cc1Cl. The lowest BCUT2D eigenvalue weighted by Gasteiger charge is -2.11. The highest BCUT2D eigenvalue weighted by Crippen LogP contribution is 2.27. The standard InChI is InChI=1S/C15H14ClNO3/c1-9-13(18)3-2-4-14(9)20-8-11-6-5-10(15(17)19)7-12(11)16/h2-7,18H,8H2,1H3,(H2,17,19). The molecule has 0 bridgehead atoms. The quantitative estimate of drug-likeness (QED) is 0.909. The van der Waals surface area contributed by atoms with Crippen LogP contribution in [0.5, 0.6) is 11.5 Å². The maximum Gasteiger partial charge on any atom is 0.248 e. The van der Waals surface area contributed by atoms with Crippen molar-refractivity contribution in [2.24, 2.45) is 5.73 Å². The largest absolute Gasteiger partial charge is 0.508 e. The molecule has 0 aliphatic rings. The lowest BCUT2D eigenvalue weighted by atomic mass is 10.1. The summed E-state index contributed by atoms with van der Waals surface area (Å²) in [6.07, 6.45) is 0. The van der Waals surface area contributed by atoms with Gasteiger partial charge in [-0.2, -0.15) is 0 Å². The van der Waals surface area contributed by atoms with Gasteiger partial charge in [0.25, 0.3) is 0 Å². The van der Waals surface area contributed by atoms with Crippen LogP contribution in [0, 0.1) is 6.92 Å². The van der Waals surface area contributed by atoms with Crippen molar-refractivity contribution in [2.45, 2.75) is 13.5 Å². The van der Waals surface area contributed by atoms with Gasteiger partial charge in [-0.25, -0.2) is 0 Å². The lowest BCUT2D eigenvalue weighted by Crippen LogP contribution is -2.11. The molecule has 0 aromatic heterocycles. The number of carbonyl (C=O) groups is 1. The van der Waals surface area contributed by atoms with Gasteiger partial charge < -0.3 is 15.6 Å². The fourth-order valence-corrected chi connectivity index (χ4v) is 1.97. The van der Waals surface area contributed by atoms with E-state index in [0.29, 0.717) is 21.9 Å². The molecule has 20 heavy (non-hydrogen) atoms. The Balaban J connectivity index is 2.15. The molecular formula is C15H14ClNO3. The zero-order chi connectivity index (χ0) is 14.7. The molecule has 0 unspecified atom stereocenters. The first-order valence-corrected chi connectivity index (χ1v) is 6.36. The molecule has 0 atom stereocenters. The van der Waals surface area contributed by atoms with Crippen LogP contribution < -0.4 is 10.5 Å². The normalized spacial score (nSPS) is 10.3. The maximum absolute atomic E-state index is 11.0. The summed E-state index contributed by atoms with van der Waals surface area (Å²) in [6.45, 7) is 2.00. The summed E-state index contributed by atoms with van der Waals surface area (Å²) < 4.78 is 5.62. The van der Waals surface area contributed by atoms with Crippen LogP contribution >= 0.6 is 11.6 Å². The van der Waals surface area contributed by atoms with Crippen LogP contribution in [-0.4, -0.2) is 11.0 Å². The molecule has 0 saturated heterocycles. The summed E-state index contributed by atoms with van der Waals surface area (Å²) in [7, 11) is 0. The van der Waals surface area contributed by atoms with Crippen LogP contribution in [0.1, 0.15) is 21.5 Å². The van der Waals surface area contributed by atoms with Crippen molar-refractivity contribution in [1.82, 2.24) is 0 Å². The molecule has 0 aliphatic heterocycles. The third kappa shape index (κ3) is 3.03. The highest BCUT2D eigenvalue weighted by Gasteiger charge is 2.08. The van der Waals surface area contributed by atoms with Crippen molar-refractivity contribution in [1.29, 1.82) is 0 Å². The van der Waals surface area contributed by atoms with E-state index in [0.717, 1.165) is 5.56 Å². The van der Waals surface area contributed by atoms with Gasteiger partial charge in [-0.1, -0.05) is 23.7 Å². The number of hydrogen-bond donors (Lipinski definition) is 2. The number of ether oxygens (including phenoxy) is 1. The number of hydrogen-bond acceptors (Lipinski definition) is 3. The Labute approximate surface area is 121 Å². The number of primary amides is 1. The summed E-state index contributed by atoms with van der Waals surface area (Å²) in [4.78, 5) is 11.0. The van der Waals surface area contributed by atoms with E-state index in [1.807, 2.05) is 0 Å². The lowest BCUT2D eigenvalue weighted by molar-refractivity contribution is 0.1000. The molecule has 0 heterocycles. The second-order valence-corrected chi connectivity index (χ2v) is 4.77. The van der Waals surface area contributed by atoms with Crippen LogP contribution in [0.15, 0.2) is 36.4 Å². The Bertz CT molecular complexity index is 656. The molecule has 0 spiro atoms. The minimum atomic E-state index is -0.525. The van der Waals surface area contributed by atoms with Gasteiger partial charge in [0.05, 0.1) is 0 Å². The fraction of sp³-hybridized carbons (Fsp3) is 0.133. The van der Waals surface area contributed by atoms with Crippen molar-refractivity contribution in [3.63, 3.8) is 0 Å². The van der Waals surface area contributed by atoms with Crippen LogP contribution in [0.3, 0.4) is 0 Å². The van der Waals surface area contributed by atoms with E-state index >= 15 is 0 Å². The average Bonchev–Trinajstić information content (AvgIpc) is 2.41. The summed E-state index contributed by atoms with van der Waals surface area (Å²) >= 11 is 6.07. The summed E-state index contributed by atoms with van der Waals surface area (Å²) in [5.41, 5.74) is 6.93. The molecule has 2 rings (SSSR count). The molecule has 4 nitrogen and oxygen atoms in total. The van der Waals surface area contributed by atoms with Crippen molar-refractivity contribution >= 4 is 17.5 Å². The zero-order valence-corrected chi connectivity index (χ0v) is 11.6. The van der Waals surface area contributed by atoms with E-state index < -0.39 is 5.91 Å². The van der Waals surface area contributed by atoms with E-state index in [4.69, 9.17) is 22.1 Å². The first kappa shape index (κ1) is 14.2. The molecule has 5 heteroatoms. The number of aromatic hydroxyl groups is 1.